The van der Waals surface area contributed by atoms with Crippen LogP contribution in [0.4, 0.5) is 5.82 Å². The highest BCUT2D eigenvalue weighted by molar-refractivity contribution is 6.31. The number of hydrogen-bond acceptors (Lipinski definition) is 4. The summed E-state index contributed by atoms with van der Waals surface area (Å²) in [5.74, 6) is 0.833. The Morgan fingerprint density at radius 2 is 2.23 bits per heavy atom. The Kier molecular flexibility index (Phi) is 4.19. The van der Waals surface area contributed by atoms with Crippen LogP contribution in [-0.4, -0.2) is 30.3 Å². The van der Waals surface area contributed by atoms with E-state index in [1.807, 2.05) is 12.1 Å². The van der Waals surface area contributed by atoms with Crippen molar-refractivity contribution in [2.75, 3.05) is 18.0 Å². The lowest BCUT2D eigenvalue weighted by Crippen LogP contribution is -2.46. The Morgan fingerprint density at radius 1 is 1.41 bits per heavy atom. The number of fused-ring (bicyclic) bond motifs is 1. The molecule has 1 fully saturated rings. The van der Waals surface area contributed by atoms with E-state index >= 15 is 0 Å². The van der Waals surface area contributed by atoms with Crippen LogP contribution in [0, 0.1) is 11.3 Å². The fourth-order valence-corrected chi connectivity index (χ4v) is 3.07. The van der Waals surface area contributed by atoms with Crippen LogP contribution in [0.5, 0.6) is 0 Å². The van der Waals surface area contributed by atoms with Crippen molar-refractivity contribution in [3.8, 4) is 6.07 Å². The average molecular weight is 316 g/mol. The Hall–Kier alpha value is -1.83. The number of ether oxygens (including phenoxy) is 1. The van der Waals surface area contributed by atoms with Crippen molar-refractivity contribution in [3.63, 3.8) is 0 Å². The molecule has 2 heterocycles. The number of anilines is 1. The van der Waals surface area contributed by atoms with E-state index in [4.69, 9.17) is 21.3 Å². The second kappa shape index (κ2) is 6.12. The summed E-state index contributed by atoms with van der Waals surface area (Å²) < 4.78 is 5.90. The van der Waals surface area contributed by atoms with Crippen molar-refractivity contribution < 1.29 is 4.74 Å². The highest BCUT2D eigenvalue weighted by atomic mass is 35.5. The number of aromatic nitrogens is 1. The number of benzene rings is 1. The quantitative estimate of drug-likeness (QED) is 0.846. The zero-order valence-electron chi connectivity index (χ0n) is 12.7. The van der Waals surface area contributed by atoms with Crippen LogP contribution in [0.1, 0.15) is 25.8 Å². The van der Waals surface area contributed by atoms with Crippen LogP contribution in [0.2, 0.25) is 5.02 Å². The van der Waals surface area contributed by atoms with Gasteiger partial charge in [-0.3, -0.25) is 0 Å². The minimum Gasteiger partial charge on any atom is -0.372 e. The van der Waals surface area contributed by atoms with E-state index in [1.165, 1.54) is 0 Å². The predicted octanol–water partition coefficient (Wildman–Crippen LogP) is 3.76. The molecule has 1 aromatic heterocycles. The molecule has 2 aromatic rings. The van der Waals surface area contributed by atoms with Gasteiger partial charge in [-0.05, 0) is 37.6 Å². The first kappa shape index (κ1) is 15.1. The Bertz CT molecular complexity index is 740. The zero-order chi connectivity index (χ0) is 15.7. The van der Waals surface area contributed by atoms with Crippen molar-refractivity contribution in [2.45, 2.75) is 32.5 Å². The molecule has 0 bridgehead atoms. The molecule has 0 saturated carbocycles. The summed E-state index contributed by atoms with van der Waals surface area (Å²) in [6.07, 6.45) is 1.33. The zero-order valence-corrected chi connectivity index (χ0v) is 13.5. The van der Waals surface area contributed by atoms with Gasteiger partial charge in [-0.25, -0.2) is 4.98 Å². The molecule has 2 atom stereocenters. The lowest BCUT2D eigenvalue weighted by Gasteiger charge is -2.37. The molecule has 0 aliphatic carbocycles. The molecular formula is C17H18ClN3O. The summed E-state index contributed by atoms with van der Waals surface area (Å²) in [6.45, 7) is 5.78. The largest absolute Gasteiger partial charge is 0.372 e. The summed E-state index contributed by atoms with van der Waals surface area (Å²) in [5.41, 5.74) is 1.40. The maximum absolute atomic E-state index is 9.44. The van der Waals surface area contributed by atoms with Crippen LogP contribution in [-0.2, 0) is 4.74 Å². The van der Waals surface area contributed by atoms with Crippen molar-refractivity contribution in [3.05, 3.63) is 34.9 Å². The normalized spacial score (nSPS) is 21.8. The second-order valence-corrected chi connectivity index (χ2v) is 6.12. The first-order chi connectivity index (χ1) is 10.6. The smallest absolute Gasteiger partial charge is 0.130 e. The molecule has 0 N–H and O–H groups in total. The minimum absolute atomic E-state index is 0.159. The SMILES string of the molecule is CCC1CN(c2cc(C#N)c3cc(Cl)ccc3n2)CC(C)O1. The summed E-state index contributed by atoms with van der Waals surface area (Å²) in [5, 5.41) is 10.8. The first-order valence-electron chi connectivity index (χ1n) is 7.51. The van der Waals surface area contributed by atoms with E-state index in [0.717, 1.165) is 36.2 Å². The lowest BCUT2D eigenvalue weighted by atomic mass is 10.1. The molecule has 114 valence electrons. The van der Waals surface area contributed by atoms with Gasteiger partial charge < -0.3 is 9.64 Å². The molecule has 0 radical (unpaired) electrons. The van der Waals surface area contributed by atoms with Crippen LogP contribution in [0.3, 0.4) is 0 Å². The Morgan fingerprint density at radius 3 is 2.95 bits per heavy atom. The van der Waals surface area contributed by atoms with E-state index in [-0.39, 0.29) is 12.2 Å². The molecule has 1 aliphatic rings. The Balaban J connectivity index is 2.04. The topological polar surface area (TPSA) is 49.2 Å². The molecule has 2 unspecified atom stereocenters. The third-order valence-corrected chi connectivity index (χ3v) is 4.22. The third kappa shape index (κ3) is 2.87. The molecule has 3 rings (SSSR count). The van der Waals surface area contributed by atoms with E-state index in [9.17, 15) is 5.26 Å². The maximum atomic E-state index is 9.44. The molecule has 4 nitrogen and oxygen atoms in total. The first-order valence-corrected chi connectivity index (χ1v) is 7.89. The Labute approximate surface area is 135 Å². The number of halogens is 1. The van der Waals surface area contributed by atoms with Gasteiger partial charge in [-0.1, -0.05) is 18.5 Å². The van der Waals surface area contributed by atoms with Crippen molar-refractivity contribution >= 4 is 28.3 Å². The van der Waals surface area contributed by atoms with Crippen LogP contribution in [0.25, 0.3) is 10.9 Å². The molecule has 1 aromatic carbocycles. The summed E-state index contributed by atoms with van der Waals surface area (Å²) >= 11 is 6.03. The number of pyridine rings is 1. The van der Waals surface area contributed by atoms with Gasteiger partial charge in [0.1, 0.15) is 5.82 Å². The number of nitrogens with zero attached hydrogens (tertiary/aromatic N) is 3. The van der Waals surface area contributed by atoms with Crippen molar-refractivity contribution in [1.29, 1.82) is 5.26 Å². The van der Waals surface area contributed by atoms with E-state index in [2.05, 4.69) is 24.8 Å². The number of rotatable bonds is 2. The predicted molar refractivity (Wildman–Crippen MR) is 88.3 cm³/mol. The van der Waals surface area contributed by atoms with Gasteiger partial charge in [0, 0.05) is 23.5 Å². The van der Waals surface area contributed by atoms with Gasteiger partial charge in [0.15, 0.2) is 0 Å². The van der Waals surface area contributed by atoms with Gasteiger partial charge in [-0.2, -0.15) is 5.26 Å². The van der Waals surface area contributed by atoms with Gasteiger partial charge in [0.25, 0.3) is 0 Å². The molecule has 22 heavy (non-hydrogen) atoms. The molecule has 5 heteroatoms. The summed E-state index contributed by atoms with van der Waals surface area (Å²) in [7, 11) is 0. The van der Waals surface area contributed by atoms with Gasteiger partial charge in [0.2, 0.25) is 0 Å². The molecule has 1 aliphatic heterocycles. The second-order valence-electron chi connectivity index (χ2n) is 5.68. The van der Waals surface area contributed by atoms with Crippen LogP contribution < -0.4 is 4.90 Å². The standard InChI is InChI=1S/C17H18ClN3O/c1-3-14-10-21(9-11(2)22-14)17-6-12(8-19)15-7-13(18)4-5-16(15)20-17/h4-7,11,14H,3,9-10H2,1-2H3. The van der Waals surface area contributed by atoms with E-state index in [1.54, 1.807) is 12.1 Å². The highest BCUT2D eigenvalue weighted by Crippen LogP contribution is 2.27. The summed E-state index contributed by atoms with van der Waals surface area (Å²) in [4.78, 5) is 6.92. The number of nitriles is 1. The van der Waals surface area contributed by atoms with Crippen LogP contribution >= 0.6 is 11.6 Å². The van der Waals surface area contributed by atoms with Crippen molar-refractivity contribution in [1.82, 2.24) is 4.98 Å². The highest BCUT2D eigenvalue weighted by Gasteiger charge is 2.25. The molecular weight excluding hydrogens is 298 g/mol. The third-order valence-electron chi connectivity index (χ3n) is 3.98. The monoisotopic (exact) mass is 315 g/mol. The fourth-order valence-electron chi connectivity index (χ4n) is 2.90. The average Bonchev–Trinajstić information content (AvgIpc) is 2.53. The van der Waals surface area contributed by atoms with Gasteiger partial charge >= 0.3 is 0 Å². The molecule has 1 saturated heterocycles. The maximum Gasteiger partial charge on any atom is 0.130 e. The molecule has 0 amide bonds. The van der Waals surface area contributed by atoms with Gasteiger partial charge in [-0.15, -0.1) is 0 Å². The van der Waals surface area contributed by atoms with E-state index in [0.29, 0.717) is 10.6 Å². The number of hydrogen-bond donors (Lipinski definition) is 0. The molecule has 0 spiro atoms. The lowest BCUT2D eigenvalue weighted by molar-refractivity contribution is -0.0174. The number of morpholine rings is 1. The fraction of sp³-hybridized carbons (Fsp3) is 0.412. The van der Waals surface area contributed by atoms with E-state index < -0.39 is 0 Å². The summed E-state index contributed by atoms with van der Waals surface area (Å²) in [6, 6.07) is 9.57. The van der Waals surface area contributed by atoms with Crippen molar-refractivity contribution in [2.24, 2.45) is 0 Å². The van der Waals surface area contributed by atoms with Crippen LogP contribution in [0.15, 0.2) is 24.3 Å². The van der Waals surface area contributed by atoms with Gasteiger partial charge in [0.05, 0.1) is 29.4 Å². The minimum atomic E-state index is 0.159.